The Morgan fingerprint density at radius 3 is 2.56 bits per heavy atom. The van der Waals surface area contributed by atoms with Gasteiger partial charge in [-0.15, -0.1) is 0 Å². The van der Waals surface area contributed by atoms with Crippen molar-refractivity contribution in [3.05, 3.63) is 59.9 Å². The number of pyridine rings is 1. The number of amides is 1. The Hall–Kier alpha value is -2.93. The second kappa shape index (κ2) is 12.9. The first-order valence-electron chi connectivity index (χ1n) is 13.4. The molecule has 1 N–H and O–H groups in total. The van der Waals surface area contributed by atoms with Crippen LogP contribution >= 0.6 is 0 Å². The van der Waals surface area contributed by atoms with Gasteiger partial charge in [0.05, 0.1) is 5.69 Å². The zero-order chi connectivity index (χ0) is 25.2. The number of benzene rings is 1. The number of nitrogens with zero attached hydrogens (tertiary/aromatic N) is 3. The van der Waals surface area contributed by atoms with Crippen LogP contribution in [0.15, 0.2) is 48.7 Å². The highest BCUT2D eigenvalue weighted by atomic mass is 16.5. The Bertz CT molecular complexity index is 989. The molecule has 1 fully saturated rings. The second-order valence-corrected chi connectivity index (χ2v) is 10.3. The van der Waals surface area contributed by atoms with Crippen molar-refractivity contribution < 1.29 is 19.4 Å². The molecule has 0 aliphatic carbocycles. The number of para-hydroxylation sites is 1. The summed E-state index contributed by atoms with van der Waals surface area (Å²) in [6, 6.07) is 14.5. The maximum atomic E-state index is 12.7. The molecular weight excluding hydrogens is 454 g/mol. The summed E-state index contributed by atoms with van der Waals surface area (Å²) in [6.45, 7) is 4.71. The van der Waals surface area contributed by atoms with Crippen LogP contribution in [0.1, 0.15) is 62.6 Å². The van der Waals surface area contributed by atoms with Gasteiger partial charge in [-0.05, 0) is 67.7 Å². The Morgan fingerprint density at radius 2 is 1.78 bits per heavy atom. The fourth-order valence-electron chi connectivity index (χ4n) is 5.63. The number of likely N-dealkylation sites (tertiary alicyclic amines) is 1. The van der Waals surface area contributed by atoms with Crippen LogP contribution in [0.5, 0.6) is 5.75 Å². The lowest BCUT2D eigenvalue weighted by atomic mass is 9.73. The monoisotopic (exact) mass is 493 g/mol. The molecule has 194 valence electrons. The quantitative estimate of drug-likeness (QED) is 0.636. The normalized spacial score (nSPS) is 18.9. The Morgan fingerprint density at radius 1 is 0.972 bits per heavy atom. The van der Waals surface area contributed by atoms with Gasteiger partial charge in [0.15, 0.2) is 0 Å². The van der Waals surface area contributed by atoms with Crippen LogP contribution in [0.25, 0.3) is 0 Å². The minimum Gasteiger partial charge on any atom is -0.492 e. The number of carboxylic acids is 1. The molecular formula is C29H39N3O4. The number of aryl methyl sites for hydroxylation is 1. The van der Waals surface area contributed by atoms with Crippen molar-refractivity contribution in [2.75, 3.05) is 32.8 Å². The van der Waals surface area contributed by atoms with Gasteiger partial charge in [0.1, 0.15) is 12.4 Å². The molecule has 1 spiro atoms. The summed E-state index contributed by atoms with van der Waals surface area (Å²) in [5.41, 5.74) is 2.50. The Kier molecular flexibility index (Phi) is 9.34. The minimum atomic E-state index is -0.840. The molecule has 0 saturated carbocycles. The number of carboxylic acid groups (broad SMARTS) is 1. The maximum Gasteiger partial charge on any atom is 0.303 e. The van der Waals surface area contributed by atoms with Gasteiger partial charge in [0.2, 0.25) is 5.91 Å². The van der Waals surface area contributed by atoms with Gasteiger partial charge in [-0.1, -0.05) is 30.7 Å². The summed E-state index contributed by atoms with van der Waals surface area (Å²) in [5, 5.41) is 8.87. The number of fused-ring (bicyclic) bond motifs is 1. The number of piperidine rings is 1. The fraction of sp³-hybridized carbons (Fsp3) is 0.552. The van der Waals surface area contributed by atoms with Crippen molar-refractivity contribution in [2.24, 2.45) is 5.41 Å². The van der Waals surface area contributed by atoms with E-state index in [1.807, 2.05) is 29.3 Å². The first-order valence-corrected chi connectivity index (χ1v) is 13.4. The summed E-state index contributed by atoms with van der Waals surface area (Å²) < 4.78 is 6.25. The van der Waals surface area contributed by atoms with E-state index < -0.39 is 5.97 Å². The summed E-state index contributed by atoms with van der Waals surface area (Å²) in [6.07, 6.45) is 9.05. The van der Waals surface area contributed by atoms with Crippen LogP contribution in [0.3, 0.4) is 0 Å². The van der Waals surface area contributed by atoms with Gasteiger partial charge in [-0.3, -0.25) is 19.5 Å². The molecule has 2 aromatic rings. The van der Waals surface area contributed by atoms with E-state index in [1.54, 1.807) is 0 Å². The van der Waals surface area contributed by atoms with E-state index in [0.717, 1.165) is 82.7 Å². The molecule has 0 unspecified atom stereocenters. The van der Waals surface area contributed by atoms with Crippen LogP contribution < -0.4 is 4.74 Å². The van der Waals surface area contributed by atoms with E-state index in [9.17, 15) is 9.59 Å². The second-order valence-electron chi connectivity index (χ2n) is 10.3. The predicted molar refractivity (Wildman–Crippen MR) is 139 cm³/mol. The Labute approximate surface area is 214 Å². The number of aliphatic carboxylic acids is 1. The third-order valence-electron chi connectivity index (χ3n) is 7.67. The van der Waals surface area contributed by atoms with Crippen molar-refractivity contribution in [3.8, 4) is 5.75 Å². The number of carbonyl (C=O) groups is 2. The molecule has 0 radical (unpaired) electrons. The molecule has 1 amide bonds. The molecule has 2 aliphatic rings. The van der Waals surface area contributed by atoms with Crippen molar-refractivity contribution in [3.63, 3.8) is 0 Å². The molecule has 7 nitrogen and oxygen atoms in total. The molecule has 1 aromatic heterocycles. The summed E-state index contributed by atoms with van der Waals surface area (Å²) in [5.74, 6) is 0.253. The van der Waals surface area contributed by atoms with E-state index >= 15 is 0 Å². The molecule has 4 rings (SSSR count). The van der Waals surface area contributed by atoms with Crippen molar-refractivity contribution >= 4 is 11.9 Å². The van der Waals surface area contributed by atoms with Gasteiger partial charge in [-0.2, -0.15) is 0 Å². The lowest BCUT2D eigenvalue weighted by Crippen LogP contribution is -2.48. The smallest absolute Gasteiger partial charge is 0.303 e. The SMILES string of the molecule is O=C(O)CCCC(=O)N1CCC2(CCCCc3ccccc3OCCN(Cc3ccccn3)C2)CC1. The topological polar surface area (TPSA) is 83.0 Å². The van der Waals surface area contributed by atoms with E-state index in [-0.39, 0.29) is 17.7 Å². The maximum absolute atomic E-state index is 12.7. The molecule has 3 heterocycles. The average molecular weight is 494 g/mol. The van der Waals surface area contributed by atoms with Gasteiger partial charge >= 0.3 is 5.97 Å². The zero-order valence-corrected chi connectivity index (χ0v) is 21.2. The zero-order valence-electron chi connectivity index (χ0n) is 21.2. The van der Waals surface area contributed by atoms with Gasteiger partial charge in [-0.25, -0.2) is 0 Å². The van der Waals surface area contributed by atoms with Crippen LogP contribution in [0, 0.1) is 5.41 Å². The van der Waals surface area contributed by atoms with Gasteiger partial charge < -0.3 is 14.7 Å². The van der Waals surface area contributed by atoms with Crippen molar-refractivity contribution in [2.45, 2.75) is 64.3 Å². The first-order chi connectivity index (χ1) is 17.5. The van der Waals surface area contributed by atoms with Crippen LogP contribution in [0.4, 0.5) is 0 Å². The molecule has 36 heavy (non-hydrogen) atoms. The molecule has 0 bridgehead atoms. The van der Waals surface area contributed by atoms with Gasteiger partial charge in [0.25, 0.3) is 0 Å². The predicted octanol–water partition coefficient (Wildman–Crippen LogP) is 4.55. The third kappa shape index (κ3) is 7.53. The third-order valence-corrected chi connectivity index (χ3v) is 7.67. The van der Waals surface area contributed by atoms with E-state index in [2.05, 4.69) is 34.1 Å². The van der Waals surface area contributed by atoms with Gasteiger partial charge in [0, 0.05) is 51.8 Å². The summed E-state index contributed by atoms with van der Waals surface area (Å²) in [7, 11) is 0. The molecule has 2 aliphatic heterocycles. The average Bonchev–Trinajstić information content (AvgIpc) is 2.87. The summed E-state index contributed by atoms with van der Waals surface area (Å²) in [4.78, 5) is 32.5. The highest BCUT2D eigenvalue weighted by Crippen LogP contribution is 2.39. The van der Waals surface area contributed by atoms with Crippen LogP contribution in [-0.4, -0.2) is 64.6 Å². The lowest BCUT2D eigenvalue weighted by molar-refractivity contribution is -0.137. The highest BCUT2D eigenvalue weighted by molar-refractivity contribution is 5.77. The molecule has 0 atom stereocenters. The molecule has 1 aromatic carbocycles. The standard InChI is InChI=1S/C29H39N3O4/c33-27(12-7-13-28(34)35)32-18-15-29(16-19-32)14-5-3-9-24-8-1-2-11-26(24)36-21-20-31(23-29)22-25-10-4-6-17-30-25/h1-2,4,6,8,10-11,17H,3,5,7,9,12-16,18-23H2,(H,34,35). The van der Waals surface area contributed by atoms with E-state index in [0.29, 0.717) is 19.4 Å². The van der Waals surface area contributed by atoms with Crippen LogP contribution in [-0.2, 0) is 22.6 Å². The fourth-order valence-corrected chi connectivity index (χ4v) is 5.63. The minimum absolute atomic E-state index is 0.0528. The van der Waals surface area contributed by atoms with Crippen LogP contribution in [0.2, 0.25) is 0 Å². The highest BCUT2D eigenvalue weighted by Gasteiger charge is 2.37. The number of hydrogen-bond donors (Lipinski definition) is 1. The van der Waals surface area contributed by atoms with Crippen molar-refractivity contribution in [1.82, 2.24) is 14.8 Å². The first kappa shape index (κ1) is 26.1. The Balaban J connectivity index is 1.45. The number of ether oxygens (including phenoxy) is 1. The summed E-state index contributed by atoms with van der Waals surface area (Å²) >= 11 is 0. The number of aromatic nitrogens is 1. The molecule has 7 heteroatoms. The van der Waals surface area contributed by atoms with Crippen molar-refractivity contribution in [1.29, 1.82) is 0 Å². The van der Waals surface area contributed by atoms with E-state index in [4.69, 9.17) is 9.84 Å². The number of hydrogen-bond acceptors (Lipinski definition) is 5. The largest absolute Gasteiger partial charge is 0.492 e. The number of rotatable bonds is 6. The molecule has 1 saturated heterocycles. The van der Waals surface area contributed by atoms with E-state index in [1.165, 1.54) is 5.56 Å². The number of carbonyl (C=O) groups excluding carboxylic acids is 1. The lowest BCUT2D eigenvalue weighted by Gasteiger charge is -2.45.